The molecular formula is C19H22BrN5O2. The van der Waals surface area contributed by atoms with Crippen molar-refractivity contribution in [3.8, 4) is 0 Å². The number of carbonyl (C=O) groups is 1. The van der Waals surface area contributed by atoms with Crippen LogP contribution in [0, 0.1) is 5.92 Å². The van der Waals surface area contributed by atoms with Crippen molar-refractivity contribution in [2.75, 3.05) is 36.4 Å². The summed E-state index contributed by atoms with van der Waals surface area (Å²) in [5, 5.41) is 3.08. The highest BCUT2D eigenvalue weighted by Crippen LogP contribution is 2.31. The maximum absolute atomic E-state index is 12.2. The number of nitrogens with zero attached hydrogens (tertiary/aromatic N) is 4. The van der Waals surface area contributed by atoms with Crippen molar-refractivity contribution in [2.45, 2.75) is 12.8 Å². The van der Waals surface area contributed by atoms with Gasteiger partial charge in [0.15, 0.2) is 0 Å². The van der Waals surface area contributed by atoms with E-state index in [1.807, 2.05) is 23.2 Å². The predicted octanol–water partition coefficient (Wildman–Crippen LogP) is 2.34. The minimum atomic E-state index is -0.111. The highest BCUT2D eigenvalue weighted by Gasteiger charge is 2.34. The largest absolute Gasteiger partial charge is 0.367 e. The van der Waals surface area contributed by atoms with Gasteiger partial charge in [0.1, 0.15) is 11.5 Å². The second-order valence-electron chi connectivity index (χ2n) is 7.10. The Kier molecular flexibility index (Phi) is 4.90. The molecule has 142 valence electrons. The first-order valence-corrected chi connectivity index (χ1v) is 9.93. The molecule has 7 nitrogen and oxygen atoms in total. The molecule has 0 unspecified atom stereocenters. The Morgan fingerprint density at radius 2 is 1.96 bits per heavy atom. The van der Waals surface area contributed by atoms with Gasteiger partial charge in [-0.15, -0.1) is 0 Å². The fourth-order valence-corrected chi connectivity index (χ4v) is 3.85. The number of aromatic nitrogens is 2. The number of nitrogens with one attached hydrogen (secondary N) is 1. The number of aryl methyl sites for hydroxylation is 1. The van der Waals surface area contributed by atoms with Crippen LogP contribution in [0.25, 0.3) is 0 Å². The van der Waals surface area contributed by atoms with Crippen molar-refractivity contribution >= 4 is 39.0 Å². The van der Waals surface area contributed by atoms with E-state index in [2.05, 4.69) is 31.1 Å². The van der Waals surface area contributed by atoms with Crippen LogP contribution >= 0.6 is 15.9 Å². The maximum Gasteiger partial charge on any atom is 0.274 e. The SMILES string of the molecule is Cn1cc(Br)cc(Nc2ccc(N3CCN(C(=O)C4CC4)CC3)cn2)c1=O. The first-order valence-electron chi connectivity index (χ1n) is 9.14. The average Bonchev–Trinajstić information content (AvgIpc) is 3.51. The van der Waals surface area contributed by atoms with Crippen LogP contribution < -0.4 is 15.8 Å². The van der Waals surface area contributed by atoms with Gasteiger partial charge in [-0.25, -0.2) is 4.98 Å². The first kappa shape index (κ1) is 18.0. The average molecular weight is 432 g/mol. The van der Waals surface area contributed by atoms with Crippen LogP contribution in [-0.2, 0) is 11.8 Å². The number of carbonyl (C=O) groups excluding carboxylic acids is 1. The molecule has 3 heterocycles. The smallest absolute Gasteiger partial charge is 0.274 e. The lowest BCUT2D eigenvalue weighted by atomic mass is 10.2. The molecule has 4 rings (SSSR count). The third-order valence-electron chi connectivity index (χ3n) is 5.04. The van der Waals surface area contributed by atoms with E-state index in [1.165, 1.54) is 4.57 Å². The summed E-state index contributed by atoms with van der Waals surface area (Å²) < 4.78 is 2.34. The zero-order chi connectivity index (χ0) is 19.0. The summed E-state index contributed by atoms with van der Waals surface area (Å²) in [7, 11) is 1.71. The Labute approximate surface area is 166 Å². The predicted molar refractivity (Wildman–Crippen MR) is 108 cm³/mol. The van der Waals surface area contributed by atoms with Crippen molar-refractivity contribution in [3.05, 3.63) is 45.4 Å². The molecule has 2 aromatic heterocycles. The van der Waals surface area contributed by atoms with Gasteiger partial charge in [-0.1, -0.05) is 0 Å². The summed E-state index contributed by atoms with van der Waals surface area (Å²) in [6.45, 7) is 3.17. The molecule has 0 atom stereocenters. The Hall–Kier alpha value is -2.35. The number of rotatable bonds is 4. The Morgan fingerprint density at radius 3 is 2.59 bits per heavy atom. The number of hydrogen-bond donors (Lipinski definition) is 1. The third kappa shape index (κ3) is 4.00. The molecule has 1 amide bonds. The van der Waals surface area contributed by atoms with E-state index < -0.39 is 0 Å². The van der Waals surface area contributed by atoms with Gasteiger partial charge >= 0.3 is 0 Å². The van der Waals surface area contributed by atoms with Crippen LogP contribution in [0.2, 0.25) is 0 Å². The summed E-state index contributed by atoms with van der Waals surface area (Å²) in [5.41, 5.74) is 1.39. The highest BCUT2D eigenvalue weighted by molar-refractivity contribution is 9.10. The lowest BCUT2D eigenvalue weighted by Crippen LogP contribution is -2.49. The van der Waals surface area contributed by atoms with Gasteiger partial charge in [0.2, 0.25) is 5.91 Å². The Balaban J connectivity index is 1.39. The number of pyridine rings is 2. The molecule has 2 fully saturated rings. The Morgan fingerprint density at radius 1 is 1.22 bits per heavy atom. The molecule has 0 bridgehead atoms. The standard InChI is InChI=1S/C19H22BrN5O2/c1-23-12-14(20)10-16(19(23)27)22-17-5-4-15(11-21-17)24-6-8-25(9-7-24)18(26)13-2-3-13/h4-5,10-13H,2-3,6-9H2,1H3,(H,21,22). The van der Waals surface area contributed by atoms with Crippen molar-refractivity contribution in [1.29, 1.82) is 0 Å². The van der Waals surface area contributed by atoms with Crippen LogP contribution in [0.5, 0.6) is 0 Å². The molecule has 0 spiro atoms. The maximum atomic E-state index is 12.2. The third-order valence-corrected chi connectivity index (χ3v) is 5.48. The summed E-state index contributed by atoms with van der Waals surface area (Å²) in [6, 6.07) is 5.61. The number of halogens is 1. The van der Waals surface area contributed by atoms with Crippen LogP contribution in [0.3, 0.4) is 0 Å². The second kappa shape index (κ2) is 7.34. The van der Waals surface area contributed by atoms with Gasteiger partial charge in [0.05, 0.1) is 11.9 Å². The second-order valence-corrected chi connectivity index (χ2v) is 8.02. The summed E-state index contributed by atoms with van der Waals surface area (Å²) in [4.78, 5) is 33.0. The van der Waals surface area contributed by atoms with Gasteiger partial charge in [0.25, 0.3) is 5.56 Å². The van der Waals surface area contributed by atoms with E-state index in [9.17, 15) is 9.59 Å². The fraction of sp³-hybridized carbons (Fsp3) is 0.421. The quantitative estimate of drug-likeness (QED) is 0.804. The van der Waals surface area contributed by atoms with E-state index in [-0.39, 0.29) is 11.5 Å². The van der Waals surface area contributed by atoms with Gasteiger partial charge in [-0.2, -0.15) is 0 Å². The van der Waals surface area contributed by atoms with Gasteiger partial charge in [-0.3, -0.25) is 9.59 Å². The van der Waals surface area contributed by atoms with Crippen LogP contribution in [0.15, 0.2) is 39.9 Å². The molecule has 1 saturated heterocycles. The Bertz CT molecular complexity index is 899. The monoisotopic (exact) mass is 431 g/mol. The van der Waals surface area contributed by atoms with Gasteiger partial charge < -0.3 is 19.7 Å². The molecule has 2 aromatic rings. The molecule has 1 saturated carbocycles. The van der Waals surface area contributed by atoms with Crippen molar-refractivity contribution in [2.24, 2.45) is 13.0 Å². The summed E-state index contributed by atoms with van der Waals surface area (Å²) >= 11 is 3.40. The summed E-state index contributed by atoms with van der Waals surface area (Å²) in [5.74, 6) is 1.23. The molecule has 27 heavy (non-hydrogen) atoms. The van der Waals surface area contributed by atoms with Crippen LogP contribution in [0.4, 0.5) is 17.2 Å². The molecular weight excluding hydrogens is 410 g/mol. The first-order chi connectivity index (χ1) is 13.0. The van der Waals surface area contributed by atoms with Crippen molar-refractivity contribution in [3.63, 3.8) is 0 Å². The fourth-order valence-electron chi connectivity index (χ4n) is 3.32. The molecule has 1 aliphatic carbocycles. The minimum Gasteiger partial charge on any atom is -0.367 e. The lowest BCUT2D eigenvalue weighted by Gasteiger charge is -2.36. The van der Waals surface area contributed by atoms with Gasteiger partial charge in [-0.05, 0) is 47.0 Å². The van der Waals surface area contributed by atoms with Crippen molar-refractivity contribution in [1.82, 2.24) is 14.5 Å². The number of piperazine rings is 1. The van der Waals surface area contributed by atoms with E-state index in [4.69, 9.17) is 0 Å². The number of anilines is 3. The molecule has 0 aromatic carbocycles. The van der Waals surface area contributed by atoms with Crippen LogP contribution in [0.1, 0.15) is 12.8 Å². The normalized spacial score (nSPS) is 17.1. The zero-order valence-corrected chi connectivity index (χ0v) is 16.8. The van der Waals surface area contributed by atoms with E-state index in [0.717, 1.165) is 49.2 Å². The van der Waals surface area contributed by atoms with E-state index >= 15 is 0 Å². The molecule has 2 aliphatic rings. The zero-order valence-electron chi connectivity index (χ0n) is 15.2. The van der Waals surface area contributed by atoms with Crippen LogP contribution in [-0.4, -0.2) is 46.5 Å². The summed E-state index contributed by atoms with van der Waals surface area (Å²) in [6.07, 6.45) is 5.64. The topological polar surface area (TPSA) is 70.5 Å². The molecule has 8 heteroatoms. The number of amides is 1. The van der Waals surface area contributed by atoms with Gasteiger partial charge in [0, 0.05) is 49.8 Å². The van der Waals surface area contributed by atoms with E-state index in [0.29, 0.717) is 17.4 Å². The number of hydrogen-bond acceptors (Lipinski definition) is 5. The van der Waals surface area contributed by atoms with E-state index in [1.54, 1.807) is 19.3 Å². The lowest BCUT2D eigenvalue weighted by molar-refractivity contribution is -0.132. The van der Waals surface area contributed by atoms with Crippen molar-refractivity contribution < 1.29 is 4.79 Å². The molecule has 1 aliphatic heterocycles. The highest BCUT2D eigenvalue weighted by atomic mass is 79.9. The molecule has 0 radical (unpaired) electrons. The minimum absolute atomic E-state index is 0.111. The molecule has 1 N–H and O–H groups in total.